The number of unbranched alkanes of at least 4 members (excludes halogenated alkanes) is 2. The third-order valence-electron chi connectivity index (χ3n) is 8.41. The normalized spacial score (nSPS) is 12.6. The number of nitrogens with zero attached hydrogens (tertiary/aromatic N) is 5. The van der Waals surface area contributed by atoms with Gasteiger partial charge in [0.05, 0.1) is 11.4 Å². The number of aromatic hydroxyl groups is 1. The minimum Gasteiger partial charge on any atom is -0.493 e. The summed E-state index contributed by atoms with van der Waals surface area (Å²) in [5, 5.41) is 28.9. The molecule has 0 saturated carbocycles. The first kappa shape index (κ1) is 34.2. The van der Waals surface area contributed by atoms with E-state index in [4.69, 9.17) is 0 Å². The van der Waals surface area contributed by atoms with Crippen molar-refractivity contribution in [3.05, 3.63) is 81.6 Å². The second-order valence-electron chi connectivity index (χ2n) is 11.6. The second-order valence-corrected chi connectivity index (χ2v) is 11.6. The summed E-state index contributed by atoms with van der Waals surface area (Å²) >= 11 is 0. The summed E-state index contributed by atoms with van der Waals surface area (Å²) in [5.74, 6) is 0.537. The standard InChI is InChI=1S/C36H47N5O3/c1-6-10-15-27(8-3)24-40(25-28(9-4)16-11-7-2)34(42)29-19-21-30(22-20-29)38-39-33-26(5)32(23-37)35(43)41(36(33)44)31-17-13-12-14-18-31/h12-14,17-22,27-28,43H,6-11,15-16,24-25H2,1-5H3. The van der Waals surface area contributed by atoms with E-state index in [1.54, 1.807) is 61.5 Å². The van der Waals surface area contributed by atoms with Gasteiger partial charge in [-0.3, -0.25) is 9.59 Å². The Balaban J connectivity index is 1.90. The Labute approximate surface area is 262 Å². The zero-order valence-electron chi connectivity index (χ0n) is 26.9. The van der Waals surface area contributed by atoms with Gasteiger partial charge in [0.15, 0.2) is 5.69 Å². The SMILES string of the molecule is CCCCC(CC)CN(CC(CC)CCCC)C(=O)c1ccc(N=Nc2c(C)c(C#N)c(O)n(-c3ccccc3)c2=O)cc1. The molecule has 8 nitrogen and oxygen atoms in total. The number of nitriles is 1. The number of azo groups is 1. The fourth-order valence-electron chi connectivity index (χ4n) is 5.49. The van der Waals surface area contributed by atoms with E-state index in [2.05, 4.69) is 42.8 Å². The number of benzene rings is 2. The predicted molar refractivity (Wildman–Crippen MR) is 176 cm³/mol. The van der Waals surface area contributed by atoms with Crippen molar-refractivity contribution in [2.24, 2.45) is 22.1 Å². The Morgan fingerprint density at radius 2 is 1.48 bits per heavy atom. The Kier molecular flexibility index (Phi) is 13.3. The highest BCUT2D eigenvalue weighted by Crippen LogP contribution is 2.29. The van der Waals surface area contributed by atoms with Crippen LogP contribution in [-0.4, -0.2) is 33.6 Å². The van der Waals surface area contributed by atoms with Gasteiger partial charge in [-0.05, 0) is 68.0 Å². The first-order valence-corrected chi connectivity index (χ1v) is 16.0. The van der Waals surface area contributed by atoms with Crippen molar-refractivity contribution < 1.29 is 9.90 Å². The average Bonchev–Trinajstić information content (AvgIpc) is 3.04. The molecule has 2 unspecified atom stereocenters. The summed E-state index contributed by atoms with van der Waals surface area (Å²) in [4.78, 5) is 29.2. The topological polar surface area (TPSA) is 111 Å². The summed E-state index contributed by atoms with van der Waals surface area (Å²) in [7, 11) is 0. The van der Waals surface area contributed by atoms with Crippen LogP contribution in [0.1, 0.15) is 101 Å². The predicted octanol–water partition coefficient (Wildman–Crippen LogP) is 9.01. The van der Waals surface area contributed by atoms with Crippen LogP contribution in [0.4, 0.5) is 11.4 Å². The molecule has 44 heavy (non-hydrogen) atoms. The Morgan fingerprint density at radius 1 is 0.909 bits per heavy atom. The van der Waals surface area contributed by atoms with E-state index in [1.165, 1.54) is 12.8 Å². The first-order chi connectivity index (χ1) is 21.3. The molecule has 0 radical (unpaired) electrons. The van der Waals surface area contributed by atoms with E-state index in [-0.39, 0.29) is 22.7 Å². The van der Waals surface area contributed by atoms with E-state index in [0.717, 1.165) is 56.2 Å². The third-order valence-corrected chi connectivity index (χ3v) is 8.41. The fraction of sp³-hybridized carbons (Fsp3) is 0.472. The Morgan fingerprint density at radius 3 is 1.98 bits per heavy atom. The van der Waals surface area contributed by atoms with Gasteiger partial charge in [-0.15, -0.1) is 5.11 Å². The van der Waals surface area contributed by atoms with E-state index in [1.807, 2.05) is 6.07 Å². The van der Waals surface area contributed by atoms with Crippen LogP contribution >= 0.6 is 0 Å². The second kappa shape index (κ2) is 17.1. The summed E-state index contributed by atoms with van der Waals surface area (Å²) in [6, 6.07) is 17.5. The average molecular weight is 598 g/mol. The number of carbonyl (C=O) groups excluding carboxylic acids is 1. The Bertz CT molecular complexity index is 1470. The summed E-state index contributed by atoms with van der Waals surface area (Å²) < 4.78 is 1.06. The van der Waals surface area contributed by atoms with E-state index < -0.39 is 11.4 Å². The van der Waals surface area contributed by atoms with Crippen molar-refractivity contribution in [2.45, 2.75) is 86.0 Å². The van der Waals surface area contributed by atoms with E-state index in [0.29, 0.717) is 28.8 Å². The molecule has 2 atom stereocenters. The molecule has 0 saturated heterocycles. The molecule has 8 heteroatoms. The van der Waals surface area contributed by atoms with Gasteiger partial charge >= 0.3 is 0 Å². The quantitative estimate of drug-likeness (QED) is 0.166. The number of aromatic nitrogens is 1. The highest BCUT2D eigenvalue weighted by Gasteiger charge is 2.23. The van der Waals surface area contributed by atoms with Gasteiger partial charge in [-0.25, -0.2) is 4.57 Å². The number of para-hydroxylation sites is 1. The molecule has 2 aromatic carbocycles. The molecule has 234 valence electrons. The minimum absolute atomic E-state index is 0.0252. The molecule has 0 spiro atoms. The summed E-state index contributed by atoms with van der Waals surface area (Å²) in [6.45, 7) is 11.9. The highest BCUT2D eigenvalue weighted by atomic mass is 16.3. The lowest BCUT2D eigenvalue weighted by Gasteiger charge is -2.31. The summed E-state index contributed by atoms with van der Waals surface area (Å²) in [6.07, 6.45) is 8.97. The number of carbonyl (C=O) groups is 1. The van der Waals surface area contributed by atoms with Crippen molar-refractivity contribution in [1.82, 2.24) is 9.47 Å². The molecule has 0 aliphatic rings. The van der Waals surface area contributed by atoms with Gasteiger partial charge < -0.3 is 10.0 Å². The lowest BCUT2D eigenvalue weighted by atomic mass is 9.95. The molecule has 3 rings (SSSR count). The molecule has 0 fully saturated rings. The number of hydrogen-bond acceptors (Lipinski definition) is 6. The van der Waals surface area contributed by atoms with Crippen LogP contribution in [0, 0.1) is 30.1 Å². The zero-order valence-corrected chi connectivity index (χ0v) is 26.9. The molecular formula is C36H47N5O3. The van der Waals surface area contributed by atoms with Gasteiger partial charge in [-0.1, -0.05) is 84.4 Å². The van der Waals surface area contributed by atoms with Crippen molar-refractivity contribution in [3.8, 4) is 17.6 Å². The lowest BCUT2D eigenvalue weighted by Crippen LogP contribution is -2.39. The van der Waals surface area contributed by atoms with Crippen LogP contribution in [0.25, 0.3) is 5.69 Å². The van der Waals surface area contributed by atoms with Crippen molar-refractivity contribution in [1.29, 1.82) is 5.26 Å². The van der Waals surface area contributed by atoms with Crippen LogP contribution in [0.15, 0.2) is 69.6 Å². The molecule has 1 amide bonds. The maximum Gasteiger partial charge on any atom is 0.286 e. The van der Waals surface area contributed by atoms with Gasteiger partial charge in [-0.2, -0.15) is 10.4 Å². The largest absolute Gasteiger partial charge is 0.493 e. The Hall–Kier alpha value is -4.25. The molecule has 0 aliphatic carbocycles. The summed E-state index contributed by atoms with van der Waals surface area (Å²) in [5.41, 5.74) is 1.05. The number of rotatable bonds is 16. The molecule has 3 aromatic rings. The van der Waals surface area contributed by atoms with Crippen LogP contribution in [0.2, 0.25) is 0 Å². The molecule has 0 aliphatic heterocycles. The van der Waals surface area contributed by atoms with Gasteiger partial charge in [0, 0.05) is 24.2 Å². The number of pyridine rings is 1. The molecule has 1 heterocycles. The van der Waals surface area contributed by atoms with Crippen LogP contribution in [-0.2, 0) is 0 Å². The van der Waals surface area contributed by atoms with Crippen LogP contribution < -0.4 is 5.56 Å². The molecule has 0 bridgehead atoms. The number of amides is 1. The maximum absolute atomic E-state index is 13.8. The van der Waals surface area contributed by atoms with Crippen molar-refractivity contribution in [3.63, 3.8) is 0 Å². The van der Waals surface area contributed by atoms with Gasteiger partial charge in [0.25, 0.3) is 11.5 Å². The third kappa shape index (κ3) is 8.66. The van der Waals surface area contributed by atoms with Gasteiger partial charge in [0.2, 0.25) is 5.88 Å². The van der Waals surface area contributed by atoms with Crippen LogP contribution in [0.3, 0.4) is 0 Å². The monoisotopic (exact) mass is 597 g/mol. The lowest BCUT2D eigenvalue weighted by molar-refractivity contribution is 0.0685. The highest BCUT2D eigenvalue weighted by molar-refractivity contribution is 5.94. The van der Waals surface area contributed by atoms with Crippen molar-refractivity contribution >= 4 is 17.3 Å². The van der Waals surface area contributed by atoms with E-state index >= 15 is 0 Å². The zero-order chi connectivity index (χ0) is 32.1. The molecule has 1 aromatic heterocycles. The first-order valence-electron chi connectivity index (χ1n) is 16.0. The maximum atomic E-state index is 13.8. The minimum atomic E-state index is -0.585. The van der Waals surface area contributed by atoms with Crippen molar-refractivity contribution in [2.75, 3.05) is 13.1 Å². The fourth-order valence-corrected chi connectivity index (χ4v) is 5.49. The van der Waals surface area contributed by atoms with E-state index in [9.17, 15) is 20.0 Å². The molecule has 1 N–H and O–H groups in total. The van der Waals surface area contributed by atoms with Gasteiger partial charge in [0.1, 0.15) is 11.6 Å². The molecular weight excluding hydrogens is 550 g/mol. The van der Waals surface area contributed by atoms with Crippen LogP contribution in [0.5, 0.6) is 5.88 Å². The smallest absolute Gasteiger partial charge is 0.286 e. The number of hydrogen-bond donors (Lipinski definition) is 1.